The van der Waals surface area contributed by atoms with Gasteiger partial charge in [-0.05, 0) is 31.4 Å². The highest BCUT2D eigenvalue weighted by Crippen LogP contribution is 2.22. The van der Waals surface area contributed by atoms with Gasteiger partial charge in [0.1, 0.15) is 17.0 Å². The molecule has 0 radical (unpaired) electrons. The molecule has 0 atom stereocenters. The number of amides is 1. The van der Waals surface area contributed by atoms with E-state index in [4.69, 9.17) is 4.42 Å². The smallest absolute Gasteiger partial charge is 0.263 e. The molecule has 0 aliphatic carbocycles. The minimum atomic E-state index is -0.256. The largest absolute Gasteiger partial charge is 0.445 e. The third kappa shape index (κ3) is 3.52. The minimum absolute atomic E-state index is 0.208. The van der Waals surface area contributed by atoms with Crippen LogP contribution in [0.1, 0.15) is 53.7 Å². The summed E-state index contributed by atoms with van der Waals surface area (Å²) >= 11 is 0. The van der Waals surface area contributed by atoms with Gasteiger partial charge in [-0.15, -0.1) is 0 Å². The van der Waals surface area contributed by atoms with Crippen LogP contribution in [0.25, 0.3) is 0 Å². The van der Waals surface area contributed by atoms with Gasteiger partial charge in [-0.25, -0.2) is 4.98 Å². The van der Waals surface area contributed by atoms with Crippen molar-refractivity contribution in [2.45, 2.75) is 46.6 Å². The van der Waals surface area contributed by atoms with Gasteiger partial charge in [0.15, 0.2) is 5.89 Å². The van der Waals surface area contributed by atoms with Gasteiger partial charge in [-0.1, -0.05) is 13.8 Å². The molecule has 0 saturated carbocycles. The maximum atomic E-state index is 12.8. The molecule has 0 N–H and O–H groups in total. The monoisotopic (exact) mass is 343 g/mol. The third-order valence-corrected chi connectivity index (χ3v) is 4.78. The molecule has 0 fully saturated rings. The van der Waals surface area contributed by atoms with Gasteiger partial charge in [0.25, 0.3) is 11.5 Å². The zero-order valence-corrected chi connectivity index (χ0v) is 15.3. The van der Waals surface area contributed by atoms with Crippen LogP contribution in [0.2, 0.25) is 0 Å². The minimum Gasteiger partial charge on any atom is -0.445 e. The summed E-state index contributed by atoms with van der Waals surface area (Å²) in [5.74, 6) is 1.98. The Morgan fingerprint density at radius 3 is 2.84 bits per heavy atom. The summed E-state index contributed by atoms with van der Waals surface area (Å²) in [6.45, 7) is 7.13. The Hall–Kier alpha value is -2.37. The molecule has 3 rings (SSSR count). The quantitative estimate of drug-likeness (QED) is 0.855. The van der Waals surface area contributed by atoms with Crippen LogP contribution >= 0.6 is 0 Å². The van der Waals surface area contributed by atoms with Gasteiger partial charge in [0.05, 0.1) is 6.54 Å². The van der Waals surface area contributed by atoms with Crippen LogP contribution in [-0.2, 0) is 26.4 Å². The fraction of sp³-hybridized carbons (Fsp3) is 0.526. The average Bonchev–Trinajstić information content (AvgIpc) is 2.99. The Bertz CT molecular complexity index is 848. The fourth-order valence-electron chi connectivity index (χ4n) is 3.01. The molecule has 3 heterocycles. The molecule has 0 aromatic carbocycles. The highest BCUT2D eigenvalue weighted by Gasteiger charge is 2.27. The number of fused-ring (bicyclic) bond motifs is 1. The zero-order chi connectivity index (χ0) is 18.1. The molecule has 0 spiro atoms. The standard InChI is InChI=1S/C19H25N3O3/c1-12(2)5-8-17-20-15-11-22(10-9-16(15)25-17)19(24)14-7-6-13(3)21(4)18(14)23/h6-7,12H,5,8-11H2,1-4H3. The van der Waals surface area contributed by atoms with Crippen LogP contribution in [0.3, 0.4) is 0 Å². The van der Waals surface area contributed by atoms with E-state index in [0.29, 0.717) is 25.4 Å². The normalized spacial score (nSPS) is 14.0. The third-order valence-electron chi connectivity index (χ3n) is 4.78. The summed E-state index contributed by atoms with van der Waals surface area (Å²) in [5.41, 5.74) is 1.60. The van der Waals surface area contributed by atoms with E-state index in [2.05, 4.69) is 18.8 Å². The molecule has 2 aromatic heterocycles. The van der Waals surface area contributed by atoms with Crippen LogP contribution in [0.15, 0.2) is 21.3 Å². The molecule has 1 amide bonds. The number of oxazole rings is 1. The fourth-order valence-corrected chi connectivity index (χ4v) is 3.01. The molecule has 6 heteroatoms. The van der Waals surface area contributed by atoms with E-state index in [1.54, 1.807) is 24.1 Å². The number of carbonyl (C=O) groups excluding carboxylic acids is 1. The van der Waals surface area contributed by atoms with Gasteiger partial charge < -0.3 is 13.9 Å². The first-order valence-electron chi connectivity index (χ1n) is 8.80. The summed E-state index contributed by atoms with van der Waals surface area (Å²) < 4.78 is 7.34. The van der Waals surface area contributed by atoms with Gasteiger partial charge in [0, 0.05) is 32.1 Å². The lowest BCUT2D eigenvalue weighted by molar-refractivity contribution is 0.0725. The van der Waals surface area contributed by atoms with E-state index < -0.39 is 0 Å². The maximum Gasteiger partial charge on any atom is 0.263 e. The van der Waals surface area contributed by atoms with E-state index in [1.165, 1.54) is 4.57 Å². The predicted molar refractivity (Wildman–Crippen MR) is 94.5 cm³/mol. The van der Waals surface area contributed by atoms with Crippen molar-refractivity contribution in [3.8, 4) is 0 Å². The lowest BCUT2D eigenvalue weighted by Gasteiger charge is -2.25. The average molecular weight is 343 g/mol. The van der Waals surface area contributed by atoms with Crippen LogP contribution in [0.5, 0.6) is 0 Å². The zero-order valence-electron chi connectivity index (χ0n) is 15.3. The Kier molecular flexibility index (Phi) is 4.79. The van der Waals surface area contributed by atoms with E-state index in [0.717, 1.165) is 35.9 Å². The van der Waals surface area contributed by atoms with E-state index in [9.17, 15) is 9.59 Å². The molecule has 0 saturated heterocycles. The molecule has 1 aliphatic rings. The molecule has 25 heavy (non-hydrogen) atoms. The van der Waals surface area contributed by atoms with Gasteiger partial charge in [-0.2, -0.15) is 0 Å². The van der Waals surface area contributed by atoms with Crippen molar-refractivity contribution in [3.05, 3.63) is 51.1 Å². The van der Waals surface area contributed by atoms with Crippen molar-refractivity contribution in [1.82, 2.24) is 14.5 Å². The Balaban J connectivity index is 1.77. The van der Waals surface area contributed by atoms with Crippen molar-refractivity contribution in [2.24, 2.45) is 13.0 Å². The number of aromatic nitrogens is 2. The molecular weight excluding hydrogens is 318 g/mol. The lowest BCUT2D eigenvalue weighted by atomic mass is 10.1. The second-order valence-electron chi connectivity index (χ2n) is 7.14. The van der Waals surface area contributed by atoms with E-state index in [1.807, 2.05) is 6.92 Å². The second-order valence-corrected chi connectivity index (χ2v) is 7.14. The first kappa shape index (κ1) is 17.5. The maximum absolute atomic E-state index is 12.8. The predicted octanol–water partition coefficient (Wildman–Crippen LogP) is 2.47. The van der Waals surface area contributed by atoms with Crippen molar-refractivity contribution < 1.29 is 9.21 Å². The number of nitrogens with zero attached hydrogens (tertiary/aromatic N) is 3. The number of pyridine rings is 1. The van der Waals surface area contributed by atoms with Crippen LogP contribution in [-0.4, -0.2) is 26.9 Å². The number of hydrogen-bond acceptors (Lipinski definition) is 4. The van der Waals surface area contributed by atoms with Crippen molar-refractivity contribution >= 4 is 5.91 Å². The topological polar surface area (TPSA) is 68.3 Å². The molecular formula is C19H25N3O3. The van der Waals surface area contributed by atoms with Crippen molar-refractivity contribution in [2.75, 3.05) is 6.54 Å². The highest BCUT2D eigenvalue weighted by atomic mass is 16.4. The molecule has 0 bridgehead atoms. The Morgan fingerprint density at radius 2 is 2.12 bits per heavy atom. The van der Waals surface area contributed by atoms with Crippen molar-refractivity contribution in [1.29, 1.82) is 0 Å². The highest BCUT2D eigenvalue weighted by molar-refractivity contribution is 5.94. The number of hydrogen-bond donors (Lipinski definition) is 0. The van der Waals surface area contributed by atoms with Gasteiger partial charge >= 0.3 is 0 Å². The van der Waals surface area contributed by atoms with E-state index >= 15 is 0 Å². The lowest BCUT2D eigenvalue weighted by Crippen LogP contribution is -2.39. The Labute approximate surface area is 147 Å². The molecule has 1 aliphatic heterocycles. The van der Waals surface area contributed by atoms with Gasteiger partial charge in [0.2, 0.25) is 0 Å². The summed E-state index contributed by atoms with van der Waals surface area (Å²) in [6.07, 6.45) is 2.49. The first-order valence-corrected chi connectivity index (χ1v) is 8.80. The summed E-state index contributed by atoms with van der Waals surface area (Å²) in [6, 6.07) is 3.41. The molecule has 2 aromatic rings. The van der Waals surface area contributed by atoms with Crippen LogP contribution in [0, 0.1) is 12.8 Å². The van der Waals surface area contributed by atoms with Gasteiger partial charge in [-0.3, -0.25) is 9.59 Å². The second kappa shape index (κ2) is 6.86. The van der Waals surface area contributed by atoms with Crippen molar-refractivity contribution in [3.63, 3.8) is 0 Å². The molecule has 0 unspecified atom stereocenters. The van der Waals surface area contributed by atoms with Crippen LogP contribution < -0.4 is 5.56 Å². The van der Waals surface area contributed by atoms with E-state index in [-0.39, 0.29) is 17.0 Å². The number of carbonyl (C=O) groups is 1. The molecule has 6 nitrogen and oxygen atoms in total. The number of aryl methyl sites for hydroxylation is 2. The summed E-state index contributed by atoms with van der Waals surface area (Å²) in [5, 5.41) is 0. The first-order chi connectivity index (χ1) is 11.9. The van der Waals surface area contributed by atoms with Crippen LogP contribution in [0.4, 0.5) is 0 Å². The number of rotatable bonds is 4. The summed E-state index contributed by atoms with van der Waals surface area (Å²) in [7, 11) is 1.68. The summed E-state index contributed by atoms with van der Waals surface area (Å²) in [4.78, 5) is 31.4. The Morgan fingerprint density at radius 1 is 1.36 bits per heavy atom. The SMILES string of the molecule is Cc1ccc(C(=O)N2CCc3oc(CCC(C)C)nc3C2)c(=O)n1C. The molecule has 134 valence electrons.